The third-order valence-corrected chi connectivity index (χ3v) is 4.81. The van der Waals surface area contributed by atoms with Gasteiger partial charge in [-0.1, -0.05) is 13.0 Å². The van der Waals surface area contributed by atoms with Crippen LogP contribution in [-0.4, -0.2) is 36.5 Å². The van der Waals surface area contributed by atoms with Crippen molar-refractivity contribution in [2.45, 2.75) is 39.7 Å². The van der Waals surface area contributed by atoms with Crippen LogP contribution in [0.4, 0.5) is 5.82 Å². The summed E-state index contributed by atoms with van der Waals surface area (Å²) < 4.78 is 18.1. The first-order valence-electron chi connectivity index (χ1n) is 9.46. The summed E-state index contributed by atoms with van der Waals surface area (Å²) in [6.07, 6.45) is 4.06. The molecule has 0 saturated carbocycles. The Kier molecular flexibility index (Phi) is 6.23. The van der Waals surface area contributed by atoms with Gasteiger partial charge in [0.2, 0.25) is 0 Å². The number of rotatable bonds is 7. The number of allylic oxidation sites excluding steroid dienone is 1. The zero-order chi connectivity index (χ0) is 20.1. The number of aromatic nitrogens is 2. The fourth-order valence-corrected chi connectivity index (χ4v) is 3.32. The molecule has 7 heteroatoms. The number of anilines is 1. The van der Waals surface area contributed by atoms with Crippen molar-refractivity contribution in [3.63, 3.8) is 0 Å². The van der Waals surface area contributed by atoms with Gasteiger partial charge in [0.05, 0.1) is 39.1 Å². The van der Waals surface area contributed by atoms with Gasteiger partial charge < -0.3 is 19.5 Å². The Labute approximate surface area is 165 Å². The van der Waals surface area contributed by atoms with Gasteiger partial charge in [0.15, 0.2) is 11.5 Å². The first kappa shape index (κ1) is 19.8. The predicted octanol–water partition coefficient (Wildman–Crippen LogP) is 3.67. The second kappa shape index (κ2) is 8.82. The summed E-state index contributed by atoms with van der Waals surface area (Å²) in [7, 11) is 3.22. The Bertz CT molecular complexity index is 886. The molecular formula is C21H27N3O4. The van der Waals surface area contributed by atoms with Crippen molar-refractivity contribution in [3.05, 3.63) is 46.9 Å². The Balaban J connectivity index is 1.82. The number of nitrogens with zero attached hydrogens (tertiary/aromatic N) is 2. The number of methoxy groups -OCH3 is 2. The second-order valence-corrected chi connectivity index (χ2v) is 6.68. The predicted molar refractivity (Wildman–Crippen MR) is 107 cm³/mol. The van der Waals surface area contributed by atoms with E-state index in [1.54, 1.807) is 25.1 Å². The molecule has 2 heterocycles. The molecule has 1 amide bonds. The summed E-state index contributed by atoms with van der Waals surface area (Å²) >= 11 is 0. The average molecular weight is 385 g/mol. The monoisotopic (exact) mass is 385 g/mol. The van der Waals surface area contributed by atoms with Crippen LogP contribution in [0.5, 0.6) is 11.5 Å². The van der Waals surface area contributed by atoms with E-state index in [0.717, 1.165) is 35.3 Å². The summed E-state index contributed by atoms with van der Waals surface area (Å²) in [5.74, 6) is 2.69. The highest BCUT2D eigenvalue weighted by Gasteiger charge is 2.21. The van der Waals surface area contributed by atoms with Gasteiger partial charge in [-0.05, 0) is 37.5 Å². The van der Waals surface area contributed by atoms with Gasteiger partial charge in [-0.3, -0.25) is 4.79 Å². The third kappa shape index (κ3) is 4.13. The number of hydrogen-bond acceptors (Lipinski definition) is 5. The first-order chi connectivity index (χ1) is 13.6. The second-order valence-electron chi connectivity index (χ2n) is 6.68. The van der Waals surface area contributed by atoms with Crippen molar-refractivity contribution in [1.29, 1.82) is 0 Å². The summed E-state index contributed by atoms with van der Waals surface area (Å²) in [4.78, 5) is 12.8. The third-order valence-electron chi connectivity index (χ3n) is 4.81. The Morgan fingerprint density at radius 2 is 2.07 bits per heavy atom. The average Bonchev–Trinajstić information content (AvgIpc) is 3.06. The smallest absolute Gasteiger partial charge is 0.256 e. The van der Waals surface area contributed by atoms with Crippen molar-refractivity contribution in [1.82, 2.24) is 9.78 Å². The minimum absolute atomic E-state index is 0.117. The summed E-state index contributed by atoms with van der Waals surface area (Å²) in [5, 5.41) is 7.46. The zero-order valence-electron chi connectivity index (χ0n) is 16.9. The quantitative estimate of drug-likeness (QED) is 0.787. The maximum Gasteiger partial charge on any atom is 0.256 e. The number of benzene rings is 1. The maximum absolute atomic E-state index is 12.8. The number of hydrogen-bond donors (Lipinski definition) is 1. The molecule has 7 nitrogen and oxygen atoms in total. The van der Waals surface area contributed by atoms with E-state index < -0.39 is 0 Å². The molecule has 0 atom stereocenters. The van der Waals surface area contributed by atoms with Gasteiger partial charge in [-0.15, -0.1) is 0 Å². The SMILES string of the molecule is CCC1=C(C(=O)Nc2c(C)cnn2Cc2ccc(OC)c(OC)c2)CCCO1. The van der Waals surface area contributed by atoms with E-state index >= 15 is 0 Å². The highest BCUT2D eigenvalue weighted by molar-refractivity contribution is 6.04. The van der Waals surface area contributed by atoms with Gasteiger partial charge >= 0.3 is 0 Å². The molecule has 2 aromatic rings. The first-order valence-corrected chi connectivity index (χ1v) is 9.46. The maximum atomic E-state index is 12.8. The van der Waals surface area contributed by atoms with Crippen molar-refractivity contribution >= 4 is 11.7 Å². The van der Waals surface area contributed by atoms with Crippen molar-refractivity contribution in [2.75, 3.05) is 26.1 Å². The minimum atomic E-state index is -0.117. The number of amides is 1. The van der Waals surface area contributed by atoms with Crippen LogP contribution in [0.15, 0.2) is 35.7 Å². The number of ether oxygens (including phenoxy) is 3. The van der Waals surface area contributed by atoms with Crippen LogP contribution >= 0.6 is 0 Å². The molecule has 0 unspecified atom stereocenters. The van der Waals surface area contributed by atoms with Gasteiger partial charge in [0.1, 0.15) is 11.6 Å². The largest absolute Gasteiger partial charge is 0.497 e. The van der Waals surface area contributed by atoms with Crippen LogP contribution in [0.2, 0.25) is 0 Å². The lowest BCUT2D eigenvalue weighted by molar-refractivity contribution is -0.113. The van der Waals surface area contributed by atoms with Crippen LogP contribution in [0.3, 0.4) is 0 Å². The Morgan fingerprint density at radius 1 is 1.29 bits per heavy atom. The number of nitrogens with one attached hydrogen (secondary N) is 1. The topological polar surface area (TPSA) is 74.6 Å². The number of carbonyl (C=O) groups is 1. The van der Waals surface area contributed by atoms with Crippen LogP contribution in [0.25, 0.3) is 0 Å². The molecule has 1 aromatic heterocycles. The van der Waals surface area contributed by atoms with Gasteiger partial charge in [0, 0.05) is 12.0 Å². The Hall–Kier alpha value is -2.96. The molecular weight excluding hydrogens is 358 g/mol. The normalized spacial score (nSPS) is 13.9. The highest BCUT2D eigenvalue weighted by atomic mass is 16.5. The Morgan fingerprint density at radius 3 is 2.79 bits per heavy atom. The number of carbonyl (C=O) groups excluding carboxylic acids is 1. The van der Waals surface area contributed by atoms with Crippen molar-refractivity contribution in [2.24, 2.45) is 0 Å². The van der Waals surface area contributed by atoms with E-state index in [0.29, 0.717) is 36.9 Å². The van der Waals surface area contributed by atoms with Crippen LogP contribution in [0, 0.1) is 6.92 Å². The highest BCUT2D eigenvalue weighted by Crippen LogP contribution is 2.29. The molecule has 28 heavy (non-hydrogen) atoms. The molecule has 0 spiro atoms. The molecule has 1 aliphatic heterocycles. The van der Waals surface area contributed by atoms with Crippen molar-refractivity contribution < 1.29 is 19.0 Å². The lowest BCUT2D eigenvalue weighted by Gasteiger charge is -2.20. The van der Waals surface area contributed by atoms with Crippen molar-refractivity contribution in [3.8, 4) is 11.5 Å². The lowest BCUT2D eigenvalue weighted by atomic mass is 10.0. The molecule has 0 bridgehead atoms. The summed E-state index contributed by atoms with van der Waals surface area (Å²) in [6, 6.07) is 5.73. The van der Waals surface area contributed by atoms with Gasteiger partial charge in [-0.2, -0.15) is 5.10 Å². The molecule has 0 radical (unpaired) electrons. The van der Waals surface area contributed by atoms with E-state index in [1.807, 2.05) is 32.0 Å². The van der Waals surface area contributed by atoms with E-state index in [-0.39, 0.29) is 5.91 Å². The van der Waals surface area contributed by atoms with Gasteiger partial charge in [0.25, 0.3) is 5.91 Å². The van der Waals surface area contributed by atoms with Crippen LogP contribution in [-0.2, 0) is 16.1 Å². The number of aryl methyl sites for hydroxylation is 1. The minimum Gasteiger partial charge on any atom is -0.497 e. The molecule has 1 aromatic carbocycles. The van der Waals surface area contributed by atoms with E-state index in [4.69, 9.17) is 14.2 Å². The van der Waals surface area contributed by atoms with Crippen LogP contribution in [0.1, 0.15) is 37.3 Å². The molecule has 3 rings (SSSR count). The lowest BCUT2D eigenvalue weighted by Crippen LogP contribution is -2.22. The molecule has 0 fully saturated rings. The van der Waals surface area contributed by atoms with E-state index in [1.165, 1.54) is 0 Å². The molecule has 0 saturated heterocycles. The standard InChI is InChI=1S/C21H27N3O4/c1-5-17-16(7-6-10-28-17)21(25)23-20-14(2)12-22-24(20)13-15-8-9-18(26-3)19(11-15)27-4/h8-9,11-12H,5-7,10,13H2,1-4H3,(H,23,25). The fourth-order valence-electron chi connectivity index (χ4n) is 3.32. The van der Waals surface area contributed by atoms with Gasteiger partial charge in [-0.25, -0.2) is 4.68 Å². The molecule has 1 aliphatic rings. The molecule has 1 N–H and O–H groups in total. The molecule has 150 valence electrons. The van der Waals surface area contributed by atoms with Crippen LogP contribution < -0.4 is 14.8 Å². The van der Waals surface area contributed by atoms with E-state index in [9.17, 15) is 4.79 Å². The summed E-state index contributed by atoms with van der Waals surface area (Å²) in [5.41, 5.74) is 2.63. The summed E-state index contributed by atoms with van der Waals surface area (Å²) in [6.45, 7) is 5.11. The van der Waals surface area contributed by atoms with E-state index in [2.05, 4.69) is 10.4 Å². The molecule has 0 aliphatic carbocycles. The fraction of sp³-hybridized carbons (Fsp3) is 0.429. The zero-order valence-corrected chi connectivity index (χ0v) is 16.9.